The summed E-state index contributed by atoms with van der Waals surface area (Å²) in [5.41, 5.74) is -0.798. The lowest BCUT2D eigenvalue weighted by atomic mass is 9.96. The second kappa shape index (κ2) is 7.36. The SMILES string of the molecule is CCC(O)(CC)CN1CCN(C(=O)c2ccc(F)cc2F)CC1. The zero-order chi connectivity index (χ0) is 17.0. The second-order valence-corrected chi connectivity index (χ2v) is 6.12. The Morgan fingerprint density at radius 3 is 2.30 bits per heavy atom. The van der Waals surface area contributed by atoms with Gasteiger partial charge in [0.25, 0.3) is 5.91 Å². The van der Waals surface area contributed by atoms with E-state index in [9.17, 15) is 18.7 Å². The van der Waals surface area contributed by atoms with E-state index in [-0.39, 0.29) is 5.56 Å². The molecular weight excluding hydrogens is 302 g/mol. The van der Waals surface area contributed by atoms with Crippen LogP contribution in [-0.4, -0.2) is 59.1 Å². The molecule has 1 saturated heterocycles. The number of halogens is 2. The third-order valence-electron chi connectivity index (χ3n) is 4.66. The summed E-state index contributed by atoms with van der Waals surface area (Å²) in [6, 6.07) is 3.01. The fourth-order valence-corrected chi connectivity index (χ4v) is 2.83. The number of piperazine rings is 1. The molecule has 0 radical (unpaired) electrons. The van der Waals surface area contributed by atoms with Crippen molar-refractivity contribution >= 4 is 5.91 Å². The molecule has 2 rings (SSSR count). The van der Waals surface area contributed by atoms with Crippen LogP contribution in [0.4, 0.5) is 8.78 Å². The smallest absolute Gasteiger partial charge is 0.256 e. The van der Waals surface area contributed by atoms with Crippen LogP contribution in [0.25, 0.3) is 0 Å². The number of hydrogen-bond donors (Lipinski definition) is 1. The van der Waals surface area contributed by atoms with E-state index >= 15 is 0 Å². The van der Waals surface area contributed by atoms with Crippen LogP contribution in [0.15, 0.2) is 18.2 Å². The van der Waals surface area contributed by atoms with Gasteiger partial charge in [-0.25, -0.2) is 8.78 Å². The molecule has 1 N–H and O–H groups in total. The molecule has 1 fully saturated rings. The molecule has 1 aromatic rings. The van der Waals surface area contributed by atoms with Crippen LogP contribution in [0.1, 0.15) is 37.0 Å². The minimum Gasteiger partial charge on any atom is -0.389 e. The molecule has 0 aromatic heterocycles. The summed E-state index contributed by atoms with van der Waals surface area (Å²) >= 11 is 0. The fraction of sp³-hybridized carbons (Fsp3) is 0.588. The molecular formula is C17H24F2N2O2. The minimum atomic E-state index is -0.830. The highest BCUT2D eigenvalue weighted by Gasteiger charge is 2.29. The van der Waals surface area contributed by atoms with Crippen molar-refractivity contribution in [2.45, 2.75) is 32.3 Å². The van der Waals surface area contributed by atoms with Crippen LogP contribution >= 0.6 is 0 Å². The van der Waals surface area contributed by atoms with Gasteiger partial charge in [0, 0.05) is 38.8 Å². The quantitative estimate of drug-likeness (QED) is 0.903. The van der Waals surface area contributed by atoms with Gasteiger partial charge >= 0.3 is 0 Å². The van der Waals surface area contributed by atoms with Crippen molar-refractivity contribution in [2.24, 2.45) is 0 Å². The fourth-order valence-electron chi connectivity index (χ4n) is 2.83. The third kappa shape index (κ3) is 4.26. The second-order valence-electron chi connectivity index (χ2n) is 6.12. The van der Waals surface area contributed by atoms with Crippen LogP contribution in [0, 0.1) is 11.6 Å². The highest BCUT2D eigenvalue weighted by atomic mass is 19.1. The molecule has 1 heterocycles. The van der Waals surface area contributed by atoms with Gasteiger partial charge in [-0.3, -0.25) is 9.69 Å². The van der Waals surface area contributed by atoms with Crippen molar-refractivity contribution in [3.05, 3.63) is 35.4 Å². The Balaban J connectivity index is 1.95. The van der Waals surface area contributed by atoms with Crippen LogP contribution in [0.3, 0.4) is 0 Å². The van der Waals surface area contributed by atoms with Gasteiger partial charge in [0.05, 0.1) is 11.2 Å². The highest BCUT2D eigenvalue weighted by molar-refractivity contribution is 5.94. The summed E-state index contributed by atoms with van der Waals surface area (Å²) in [5, 5.41) is 10.4. The molecule has 0 aliphatic carbocycles. The first-order chi connectivity index (χ1) is 10.9. The standard InChI is InChI=1S/C17H24F2N2O2/c1-3-17(23,4-2)12-20-7-9-21(10-8-20)16(22)14-6-5-13(18)11-15(14)19/h5-6,11,23H,3-4,7-10,12H2,1-2H3. The monoisotopic (exact) mass is 326 g/mol. The predicted octanol–water partition coefficient (Wildman–Crippen LogP) is 2.27. The third-order valence-corrected chi connectivity index (χ3v) is 4.66. The van der Waals surface area contributed by atoms with E-state index in [1.807, 2.05) is 13.8 Å². The van der Waals surface area contributed by atoms with E-state index in [2.05, 4.69) is 4.90 Å². The molecule has 0 saturated carbocycles. The number of carbonyl (C=O) groups is 1. The molecule has 1 aromatic carbocycles. The van der Waals surface area contributed by atoms with E-state index in [4.69, 9.17) is 0 Å². The van der Waals surface area contributed by atoms with Crippen LogP contribution in [0.5, 0.6) is 0 Å². The van der Waals surface area contributed by atoms with Crippen molar-refractivity contribution in [3.8, 4) is 0 Å². The van der Waals surface area contributed by atoms with Crippen molar-refractivity contribution in [3.63, 3.8) is 0 Å². The van der Waals surface area contributed by atoms with Crippen LogP contribution < -0.4 is 0 Å². The Morgan fingerprint density at radius 2 is 1.78 bits per heavy atom. The van der Waals surface area contributed by atoms with Gasteiger partial charge in [0.15, 0.2) is 0 Å². The zero-order valence-electron chi connectivity index (χ0n) is 13.7. The van der Waals surface area contributed by atoms with Gasteiger partial charge in [-0.15, -0.1) is 0 Å². The van der Waals surface area contributed by atoms with Crippen molar-refractivity contribution < 1.29 is 18.7 Å². The summed E-state index contributed by atoms with van der Waals surface area (Å²) in [6.45, 7) is 6.71. The molecule has 4 nitrogen and oxygen atoms in total. The molecule has 0 bridgehead atoms. The summed E-state index contributed by atoms with van der Waals surface area (Å²) in [7, 11) is 0. The maximum absolute atomic E-state index is 13.7. The van der Waals surface area contributed by atoms with Gasteiger partial charge in [-0.05, 0) is 25.0 Å². The number of nitrogens with zero attached hydrogens (tertiary/aromatic N) is 2. The molecule has 1 aliphatic heterocycles. The summed E-state index contributed by atoms with van der Waals surface area (Å²) in [6.07, 6.45) is 1.37. The van der Waals surface area contributed by atoms with E-state index in [1.54, 1.807) is 4.90 Å². The molecule has 1 amide bonds. The van der Waals surface area contributed by atoms with Gasteiger partial charge in [-0.1, -0.05) is 13.8 Å². The average molecular weight is 326 g/mol. The lowest BCUT2D eigenvalue weighted by Gasteiger charge is -2.39. The largest absolute Gasteiger partial charge is 0.389 e. The van der Waals surface area contributed by atoms with Gasteiger partial charge in [0.1, 0.15) is 11.6 Å². The Morgan fingerprint density at radius 1 is 1.17 bits per heavy atom. The van der Waals surface area contributed by atoms with E-state index in [0.29, 0.717) is 45.6 Å². The minimum absolute atomic E-state index is 0.0986. The Labute approximate surface area is 135 Å². The van der Waals surface area contributed by atoms with Crippen molar-refractivity contribution in [1.29, 1.82) is 0 Å². The van der Waals surface area contributed by atoms with Crippen LogP contribution in [-0.2, 0) is 0 Å². The van der Waals surface area contributed by atoms with E-state index < -0.39 is 23.1 Å². The van der Waals surface area contributed by atoms with Crippen molar-refractivity contribution in [1.82, 2.24) is 9.80 Å². The van der Waals surface area contributed by atoms with Crippen LogP contribution in [0.2, 0.25) is 0 Å². The first kappa shape index (κ1) is 17.8. The summed E-state index contributed by atoms with van der Waals surface area (Å²) < 4.78 is 26.6. The zero-order valence-corrected chi connectivity index (χ0v) is 13.7. The maximum atomic E-state index is 13.7. The highest BCUT2D eigenvalue weighted by Crippen LogP contribution is 2.19. The normalized spacial score (nSPS) is 16.7. The molecule has 23 heavy (non-hydrogen) atoms. The molecule has 6 heteroatoms. The molecule has 1 aliphatic rings. The molecule has 0 unspecified atom stereocenters. The first-order valence-electron chi connectivity index (χ1n) is 8.07. The first-order valence-corrected chi connectivity index (χ1v) is 8.07. The van der Waals surface area contributed by atoms with Crippen molar-refractivity contribution in [2.75, 3.05) is 32.7 Å². The number of carbonyl (C=O) groups excluding carboxylic acids is 1. The number of amides is 1. The Kier molecular flexibility index (Phi) is 5.70. The van der Waals surface area contributed by atoms with Gasteiger partial charge in [-0.2, -0.15) is 0 Å². The van der Waals surface area contributed by atoms with E-state index in [1.165, 1.54) is 6.07 Å². The number of benzene rings is 1. The Hall–Kier alpha value is -1.53. The summed E-state index contributed by atoms with van der Waals surface area (Å²) in [5.74, 6) is -1.94. The number of hydrogen-bond acceptors (Lipinski definition) is 3. The summed E-state index contributed by atoms with van der Waals surface area (Å²) in [4.78, 5) is 16.0. The molecule has 0 spiro atoms. The molecule has 128 valence electrons. The van der Waals surface area contributed by atoms with Gasteiger partial charge in [0.2, 0.25) is 0 Å². The Bertz CT molecular complexity index is 554. The number of aliphatic hydroxyl groups is 1. The number of β-amino-alcohol motifs (C(OH)–C–C–N with tert-alkyl or cyclic N) is 1. The lowest BCUT2D eigenvalue weighted by molar-refractivity contribution is -0.0139. The number of rotatable bonds is 5. The molecule has 0 atom stereocenters. The average Bonchev–Trinajstić information content (AvgIpc) is 2.55. The lowest BCUT2D eigenvalue weighted by Crippen LogP contribution is -2.53. The van der Waals surface area contributed by atoms with E-state index in [0.717, 1.165) is 12.1 Å². The predicted molar refractivity (Wildman–Crippen MR) is 84.2 cm³/mol. The van der Waals surface area contributed by atoms with Gasteiger partial charge < -0.3 is 10.0 Å². The maximum Gasteiger partial charge on any atom is 0.256 e. The topological polar surface area (TPSA) is 43.8 Å².